The predicted molar refractivity (Wildman–Crippen MR) is 86.4 cm³/mol. The van der Waals surface area contributed by atoms with Crippen LogP contribution in [0, 0.1) is 7.14 Å². The molecule has 1 aliphatic rings. The van der Waals surface area contributed by atoms with Crippen molar-refractivity contribution in [2.45, 2.75) is 12.2 Å². The molecule has 0 heterocycles. The maximum Gasteiger partial charge on any atom is 0.107 e. The van der Waals surface area contributed by atoms with Crippen molar-refractivity contribution >= 4 is 45.2 Å². The lowest BCUT2D eigenvalue weighted by Gasteiger charge is -2.30. The van der Waals surface area contributed by atoms with Gasteiger partial charge in [-0.1, -0.05) is 24.3 Å². The highest BCUT2D eigenvalue weighted by Crippen LogP contribution is 2.44. The summed E-state index contributed by atoms with van der Waals surface area (Å²) in [6.45, 7) is 0. The van der Waals surface area contributed by atoms with Crippen molar-refractivity contribution in [3.05, 3.63) is 65.8 Å². The second-order valence-electron chi connectivity index (χ2n) is 4.29. The SMILES string of the molecule is OC1c2cccc(I)c2C(O)c2c(I)cccc21. The summed E-state index contributed by atoms with van der Waals surface area (Å²) in [6.07, 6.45) is -1.30. The van der Waals surface area contributed by atoms with Gasteiger partial charge in [0.1, 0.15) is 12.2 Å². The zero-order chi connectivity index (χ0) is 12.9. The van der Waals surface area contributed by atoms with Gasteiger partial charge in [0, 0.05) is 18.3 Å². The molecule has 0 saturated heterocycles. The standard InChI is InChI=1S/C14H10I2O2/c15-9-5-1-3-7-11(9)14(18)12-8(13(7)17)4-2-6-10(12)16/h1-6,13-14,17-18H. The van der Waals surface area contributed by atoms with E-state index < -0.39 is 12.2 Å². The van der Waals surface area contributed by atoms with Crippen molar-refractivity contribution in [3.63, 3.8) is 0 Å². The molecule has 0 aliphatic heterocycles. The molecule has 0 amide bonds. The fraction of sp³-hybridized carbons (Fsp3) is 0.143. The van der Waals surface area contributed by atoms with E-state index in [0.29, 0.717) is 0 Å². The van der Waals surface area contributed by atoms with Gasteiger partial charge in [0.25, 0.3) is 0 Å². The summed E-state index contributed by atoms with van der Waals surface area (Å²) in [5, 5.41) is 21.0. The van der Waals surface area contributed by atoms with Crippen molar-refractivity contribution in [2.75, 3.05) is 0 Å². The van der Waals surface area contributed by atoms with Crippen molar-refractivity contribution in [1.29, 1.82) is 0 Å². The molecule has 0 bridgehead atoms. The number of hydrogen-bond donors (Lipinski definition) is 2. The Hall–Kier alpha value is -0.180. The lowest BCUT2D eigenvalue weighted by atomic mass is 9.82. The van der Waals surface area contributed by atoms with Gasteiger partial charge in [-0.3, -0.25) is 0 Å². The average Bonchev–Trinajstić information content (AvgIpc) is 2.35. The van der Waals surface area contributed by atoms with Crippen molar-refractivity contribution in [3.8, 4) is 0 Å². The molecule has 3 rings (SSSR count). The molecule has 2 nitrogen and oxygen atoms in total. The van der Waals surface area contributed by atoms with Crippen LogP contribution >= 0.6 is 45.2 Å². The van der Waals surface area contributed by atoms with Crippen LogP contribution in [0.15, 0.2) is 36.4 Å². The van der Waals surface area contributed by atoms with Crippen LogP contribution in [-0.4, -0.2) is 10.2 Å². The summed E-state index contributed by atoms with van der Waals surface area (Å²) in [5.41, 5.74) is 3.29. The van der Waals surface area contributed by atoms with E-state index in [1.54, 1.807) is 0 Å². The fourth-order valence-corrected chi connectivity index (χ4v) is 4.10. The minimum absolute atomic E-state index is 0.650. The molecular weight excluding hydrogens is 454 g/mol. The largest absolute Gasteiger partial charge is 0.384 e. The third-order valence-corrected chi connectivity index (χ3v) is 5.19. The van der Waals surface area contributed by atoms with E-state index in [2.05, 4.69) is 45.2 Å². The van der Waals surface area contributed by atoms with Gasteiger partial charge < -0.3 is 10.2 Å². The number of fused-ring (bicyclic) bond motifs is 2. The van der Waals surface area contributed by atoms with Crippen LogP contribution in [-0.2, 0) is 0 Å². The molecule has 2 N–H and O–H groups in total. The first-order chi connectivity index (χ1) is 8.61. The number of halogens is 2. The van der Waals surface area contributed by atoms with Gasteiger partial charge in [-0.05, 0) is 68.4 Å². The van der Waals surface area contributed by atoms with Crippen molar-refractivity contribution < 1.29 is 10.2 Å². The summed E-state index contributed by atoms with van der Waals surface area (Å²) in [4.78, 5) is 0. The van der Waals surface area contributed by atoms with Crippen LogP contribution in [0.5, 0.6) is 0 Å². The molecule has 18 heavy (non-hydrogen) atoms. The Morgan fingerprint density at radius 1 is 0.722 bits per heavy atom. The van der Waals surface area contributed by atoms with E-state index in [0.717, 1.165) is 29.4 Å². The van der Waals surface area contributed by atoms with Crippen LogP contribution in [0.2, 0.25) is 0 Å². The summed E-state index contributed by atoms with van der Waals surface area (Å²) in [7, 11) is 0. The first-order valence-electron chi connectivity index (χ1n) is 5.54. The number of aliphatic hydroxyl groups is 2. The summed E-state index contributed by atoms with van der Waals surface area (Å²) in [6, 6.07) is 11.5. The van der Waals surface area contributed by atoms with Crippen molar-refractivity contribution in [1.82, 2.24) is 0 Å². The van der Waals surface area contributed by atoms with E-state index in [1.165, 1.54) is 0 Å². The number of aliphatic hydroxyl groups excluding tert-OH is 2. The van der Waals surface area contributed by atoms with E-state index >= 15 is 0 Å². The molecule has 0 fully saturated rings. The highest BCUT2D eigenvalue weighted by molar-refractivity contribution is 14.1. The van der Waals surface area contributed by atoms with E-state index in [-0.39, 0.29) is 0 Å². The Bertz CT molecular complexity index is 572. The van der Waals surface area contributed by atoms with Gasteiger partial charge in [0.15, 0.2) is 0 Å². The minimum atomic E-state index is -0.653. The normalized spacial score (nSPS) is 21.3. The molecular formula is C14H10I2O2. The molecule has 0 aromatic heterocycles. The third kappa shape index (κ3) is 1.81. The molecule has 0 unspecified atom stereocenters. The Morgan fingerprint density at radius 2 is 1.17 bits per heavy atom. The smallest absolute Gasteiger partial charge is 0.107 e. The van der Waals surface area contributed by atoms with Gasteiger partial charge in [-0.2, -0.15) is 0 Å². The third-order valence-electron chi connectivity index (χ3n) is 3.31. The monoisotopic (exact) mass is 464 g/mol. The Morgan fingerprint density at radius 3 is 1.61 bits per heavy atom. The van der Waals surface area contributed by atoms with Gasteiger partial charge in [-0.15, -0.1) is 0 Å². The lowest BCUT2D eigenvalue weighted by Crippen LogP contribution is -2.20. The molecule has 0 spiro atoms. The van der Waals surface area contributed by atoms with Crippen LogP contribution < -0.4 is 0 Å². The van der Waals surface area contributed by atoms with Crippen LogP contribution in [0.4, 0.5) is 0 Å². The van der Waals surface area contributed by atoms with Crippen molar-refractivity contribution in [2.24, 2.45) is 0 Å². The molecule has 4 heteroatoms. The average molecular weight is 464 g/mol. The maximum atomic E-state index is 10.6. The topological polar surface area (TPSA) is 40.5 Å². The number of benzene rings is 2. The first-order valence-corrected chi connectivity index (χ1v) is 7.69. The Kier molecular flexibility index (Phi) is 3.38. The summed E-state index contributed by atoms with van der Waals surface area (Å²) < 4.78 is 1.98. The highest BCUT2D eigenvalue weighted by Gasteiger charge is 2.32. The molecule has 92 valence electrons. The molecule has 0 radical (unpaired) electrons. The highest BCUT2D eigenvalue weighted by atomic mass is 127. The minimum Gasteiger partial charge on any atom is -0.384 e. The molecule has 1 aliphatic carbocycles. The second kappa shape index (κ2) is 4.73. The summed E-state index contributed by atoms with van der Waals surface area (Å²) >= 11 is 4.41. The zero-order valence-electron chi connectivity index (χ0n) is 9.27. The van der Waals surface area contributed by atoms with Gasteiger partial charge in [0.2, 0.25) is 0 Å². The van der Waals surface area contributed by atoms with Crippen LogP contribution in [0.25, 0.3) is 0 Å². The van der Waals surface area contributed by atoms with Gasteiger partial charge >= 0.3 is 0 Å². The lowest BCUT2D eigenvalue weighted by molar-refractivity contribution is 0.172. The fourth-order valence-electron chi connectivity index (χ4n) is 2.47. The van der Waals surface area contributed by atoms with Crippen LogP contribution in [0.1, 0.15) is 34.5 Å². The van der Waals surface area contributed by atoms with Crippen LogP contribution in [0.3, 0.4) is 0 Å². The van der Waals surface area contributed by atoms with Gasteiger partial charge in [0.05, 0.1) is 0 Å². The Labute approximate surface area is 132 Å². The second-order valence-corrected chi connectivity index (χ2v) is 6.61. The molecule has 0 saturated carbocycles. The predicted octanol–water partition coefficient (Wildman–Crippen LogP) is 3.37. The van der Waals surface area contributed by atoms with E-state index in [9.17, 15) is 10.2 Å². The molecule has 2 aromatic carbocycles. The first kappa shape index (κ1) is 12.8. The maximum absolute atomic E-state index is 10.6. The molecule has 2 aromatic rings. The zero-order valence-corrected chi connectivity index (χ0v) is 13.6. The number of rotatable bonds is 0. The van der Waals surface area contributed by atoms with Gasteiger partial charge in [-0.25, -0.2) is 0 Å². The molecule has 0 atom stereocenters. The van der Waals surface area contributed by atoms with E-state index in [1.807, 2.05) is 36.4 Å². The number of hydrogen-bond acceptors (Lipinski definition) is 2. The Balaban J connectivity index is 2.32. The summed E-state index contributed by atoms with van der Waals surface area (Å²) in [5.74, 6) is 0. The van der Waals surface area contributed by atoms with E-state index in [4.69, 9.17) is 0 Å². The quantitative estimate of drug-likeness (QED) is 0.588.